The fourth-order valence-corrected chi connectivity index (χ4v) is 1.27. The van der Waals surface area contributed by atoms with E-state index in [0.717, 1.165) is 5.69 Å². The second-order valence-corrected chi connectivity index (χ2v) is 3.62. The van der Waals surface area contributed by atoms with E-state index in [0.29, 0.717) is 17.4 Å². The Morgan fingerprint density at radius 2 is 2.18 bits per heavy atom. The van der Waals surface area contributed by atoms with Crippen LogP contribution in [0.3, 0.4) is 0 Å². The highest BCUT2D eigenvalue weighted by atomic mass is 15.4. The normalized spacial score (nSPS) is 16.7. The van der Waals surface area contributed by atoms with Crippen molar-refractivity contribution in [2.75, 3.05) is 19.5 Å². The van der Waals surface area contributed by atoms with Crippen LogP contribution < -0.4 is 11.2 Å². The number of pyridine rings is 1. The van der Waals surface area contributed by atoms with Gasteiger partial charge in [0.2, 0.25) is 0 Å². The fourth-order valence-electron chi connectivity index (χ4n) is 1.27. The monoisotopic (exact) mass is 231 g/mol. The lowest BCUT2D eigenvalue weighted by molar-refractivity contribution is 0.630. The molecular weight excluding hydrogens is 218 g/mol. The third kappa shape index (κ3) is 2.39. The lowest BCUT2D eigenvalue weighted by Gasteiger charge is -2.11. The van der Waals surface area contributed by atoms with E-state index in [-0.39, 0.29) is 0 Å². The molecule has 7 heteroatoms. The van der Waals surface area contributed by atoms with Gasteiger partial charge in [-0.05, 0) is 12.1 Å². The molecule has 1 aromatic heterocycles. The summed E-state index contributed by atoms with van der Waals surface area (Å²) in [5, 5.41) is 11.9. The molecule has 0 atom stereocenters. The molecule has 0 fully saturated rings. The quantitative estimate of drug-likeness (QED) is 0.706. The summed E-state index contributed by atoms with van der Waals surface area (Å²) >= 11 is 0. The third-order valence-corrected chi connectivity index (χ3v) is 2.09. The van der Waals surface area contributed by atoms with Crippen LogP contribution in [-0.2, 0) is 0 Å². The number of hydrazone groups is 1. The number of hydrogen-bond acceptors (Lipinski definition) is 7. The van der Waals surface area contributed by atoms with Crippen LogP contribution in [0.25, 0.3) is 0 Å². The highest BCUT2D eigenvalue weighted by molar-refractivity contribution is 6.68. The van der Waals surface area contributed by atoms with Crippen LogP contribution in [0.5, 0.6) is 0 Å². The van der Waals surface area contributed by atoms with E-state index in [4.69, 9.17) is 5.73 Å². The van der Waals surface area contributed by atoms with E-state index >= 15 is 0 Å². The van der Waals surface area contributed by atoms with Crippen molar-refractivity contribution in [1.29, 1.82) is 0 Å². The molecule has 3 N–H and O–H groups in total. The van der Waals surface area contributed by atoms with Crippen LogP contribution in [0.4, 0.5) is 5.69 Å². The Morgan fingerprint density at radius 1 is 1.35 bits per heavy atom. The van der Waals surface area contributed by atoms with Crippen molar-refractivity contribution in [1.82, 2.24) is 9.88 Å². The summed E-state index contributed by atoms with van der Waals surface area (Å²) < 4.78 is 0. The minimum absolute atomic E-state index is 0.296. The molecule has 2 rings (SSSR count). The molecule has 1 aromatic rings. The summed E-state index contributed by atoms with van der Waals surface area (Å²) in [6.45, 7) is 0. The summed E-state index contributed by atoms with van der Waals surface area (Å²) in [5.74, 6) is 0.920. The summed E-state index contributed by atoms with van der Waals surface area (Å²) in [4.78, 5) is 5.77. The molecule has 0 aliphatic carbocycles. The van der Waals surface area contributed by atoms with Gasteiger partial charge in [0.1, 0.15) is 0 Å². The molecular formula is C10H13N7. The minimum atomic E-state index is 0.296. The second kappa shape index (κ2) is 4.60. The summed E-state index contributed by atoms with van der Waals surface area (Å²) in [6, 6.07) is 3.67. The average molecular weight is 231 g/mol. The van der Waals surface area contributed by atoms with E-state index in [2.05, 4.69) is 25.7 Å². The minimum Gasteiger partial charge on any atom is -0.380 e. The first-order valence-corrected chi connectivity index (χ1v) is 5.01. The molecule has 1 aliphatic heterocycles. The standard InChI is InChI=1S/C10H13N7/c1-17(2)10-8(9(11)15-16-10)14-13-7-4-3-5-12-6-7/h3-6,13H,1-2H3,(H2,11,14,15). The predicted octanol–water partition coefficient (Wildman–Crippen LogP) is 0.0954. The molecule has 0 unspecified atom stereocenters. The van der Waals surface area contributed by atoms with Gasteiger partial charge in [-0.3, -0.25) is 10.4 Å². The molecule has 0 aromatic carbocycles. The van der Waals surface area contributed by atoms with Crippen LogP contribution in [0.15, 0.2) is 39.8 Å². The Bertz CT molecular complexity index is 487. The second-order valence-electron chi connectivity index (χ2n) is 3.62. The van der Waals surface area contributed by atoms with E-state index in [9.17, 15) is 0 Å². The first-order valence-electron chi connectivity index (χ1n) is 5.01. The molecule has 17 heavy (non-hydrogen) atoms. The van der Waals surface area contributed by atoms with E-state index in [1.165, 1.54) is 0 Å². The smallest absolute Gasteiger partial charge is 0.182 e. The number of nitrogens with two attached hydrogens (primary N) is 1. The average Bonchev–Trinajstić information content (AvgIpc) is 2.69. The van der Waals surface area contributed by atoms with Crippen molar-refractivity contribution in [3.63, 3.8) is 0 Å². The molecule has 88 valence electrons. The SMILES string of the molecule is CN(C)C1=NN=C(N)/C1=N\Nc1cccnc1. The summed E-state index contributed by atoms with van der Waals surface area (Å²) in [6.07, 6.45) is 3.36. The first kappa shape index (κ1) is 11.1. The van der Waals surface area contributed by atoms with Crippen molar-refractivity contribution in [3.05, 3.63) is 24.5 Å². The Hall–Kier alpha value is -2.44. The molecule has 2 heterocycles. The van der Waals surface area contributed by atoms with Crippen molar-refractivity contribution in [2.45, 2.75) is 0 Å². The van der Waals surface area contributed by atoms with Crippen LogP contribution in [-0.4, -0.2) is 41.4 Å². The molecule has 0 radical (unpaired) electrons. The van der Waals surface area contributed by atoms with Crippen LogP contribution in [0, 0.1) is 0 Å². The third-order valence-electron chi connectivity index (χ3n) is 2.09. The Morgan fingerprint density at radius 3 is 2.82 bits per heavy atom. The maximum Gasteiger partial charge on any atom is 0.182 e. The van der Waals surface area contributed by atoms with Crippen molar-refractivity contribution >= 4 is 23.1 Å². The summed E-state index contributed by atoms with van der Waals surface area (Å²) in [5.41, 5.74) is 9.86. The Kier molecular flexibility index (Phi) is 2.99. The van der Waals surface area contributed by atoms with Gasteiger partial charge in [0, 0.05) is 20.3 Å². The van der Waals surface area contributed by atoms with Crippen LogP contribution in [0.1, 0.15) is 0 Å². The predicted molar refractivity (Wildman–Crippen MR) is 68.0 cm³/mol. The Labute approximate surface area is 98.7 Å². The van der Waals surface area contributed by atoms with Crippen LogP contribution >= 0.6 is 0 Å². The zero-order valence-corrected chi connectivity index (χ0v) is 9.62. The number of amidine groups is 2. The zero-order chi connectivity index (χ0) is 12.3. The molecule has 0 saturated carbocycles. The molecule has 0 amide bonds. The number of hydrogen-bond donors (Lipinski definition) is 2. The molecule has 7 nitrogen and oxygen atoms in total. The number of nitrogens with one attached hydrogen (secondary N) is 1. The van der Waals surface area contributed by atoms with Gasteiger partial charge in [0.05, 0.1) is 11.9 Å². The zero-order valence-electron chi connectivity index (χ0n) is 9.62. The van der Waals surface area contributed by atoms with Gasteiger partial charge in [-0.1, -0.05) is 0 Å². The van der Waals surface area contributed by atoms with E-state index in [1.807, 2.05) is 26.2 Å². The van der Waals surface area contributed by atoms with Crippen molar-refractivity contribution < 1.29 is 0 Å². The number of aromatic nitrogens is 1. The van der Waals surface area contributed by atoms with Gasteiger partial charge in [-0.15, -0.1) is 10.2 Å². The molecule has 0 saturated heterocycles. The highest BCUT2D eigenvalue weighted by Gasteiger charge is 2.21. The highest BCUT2D eigenvalue weighted by Crippen LogP contribution is 2.05. The van der Waals surface area contributed by atoms with Crippen molar-refractivity contribution in [3.8, 4) is 0 Å². The maximum absolute atomic E-state index is 5.69. The lowest BCUT2D eigenvalue weighted by Crippen LogP contribution is -2.36. The van der Waals surface area contributed by atoms with Gasteiger partial charge in [0.15, 0.2) is 17.4 Å². The number of anilines is 1. The maximum atomic E-state index is 5.69. The van der Waals surface area contributed by atoms with Gasteiger partial charge in [-0.2, -0.15) is 5.10 Å². The fraction of sp³-hybridized carbons (Fsp3) is 0.200. The van der Waals surface area contributed by atoms with Gasteiger partial charge in [-0.25, -0.2) is 0 Å². The number of nitrogens with zero attached hydrogens (tertiary/aromatic N) is 5. The summed E-state index contributed by atoms with van der Waals surface area (Å²) in [7, 11) is 3.71. The lowest BCUT2D eigenvalue weighted by atomic mass is 10.3. The molecule has 0 spiro atoms. The van der Waals surface area contributed by atoms with Gasteiger partial charge >= 0.3 is 0 Å². The van der Waals surface area contributed by atoms with Crippen molar-refractivity contribution in [2.24, 2.45) is 21.0 Å². The Balaban J connectivity index is 2.16. The van der Waals surface area contributed by atoms with E-state index < -0.39 is 0 Å². The van der Waals surface area contributed by atoms with Gasteiger partial charge in [0.25, 0.3) is 0 Å². The van der Waals surface area contributed by atoms with E-state index in [1.54, 1.807) is 17.3 Å². The van der Waals surface area contributed by atoms with Gasteiger partial charge < -0.3 is 10.6 Å². The molecule has 0 bridgehead atoms. The van der Waals surface area contributed by atoms with Crippen LogP contribution in [0.2, 0.25) is 0 Å². The topological polar surface area (TPSA) is 91.3 Å². The number of rotatable bonds is 2. The molecule has 1 aliphatic rings. The largest absolute Gasteiger partial charge is 0.380 e. The first-order chi connectivity index (χ1) is 8.18.